The molecule has 1 aromatic heterocycles. The van der Waals surface area contributed by atoms with Gasteiger partial charge in [-0.1, -0.05) is 0 Å². The molecule has 0 aliphatic heterocycles. The fraction of sp³-hybridized carbons (Fsp3) is 0.647. The van der Waals surface area contributed by atoms with Crippen molar-refractivity contribution in [1.82, 2.24) is 10.3 Å². The molecule has 1 aromatic rings. The van der Waals surface area contributed by atoms with Crippen molar-refractivity contribution in [2.45, 2.75) is 38.3 Å². The highest BCUT2D eigenvalue weighted by Crippen LogP contribution is 2.39. The van der Waals surface area contributed by atoms with Crippen LogP contribution in [0.4, 0.5) is 39.3 Å². The van der Waals surface area contributed by atoms with Gasteiger partial charge in [0.2, 0.25) is 0 Å². The minimum atomic E-state index is -4.19. The van der Waals surface area contributed by atoms with Gasteiger partial charge in [0.15, 0.2) is 0 Å². The summed E-state index contributed by atoms with van der Waals surface area (Å²) in [5, 5.41) is 2.65. The molecule has 1 saturated carbocycles. The van der Waals surface area contributed by atoms with E-state index in [0.29, 0.717) is 12.8 Å². The van der Waals surface area contributed by atoms with Crippen molar-refractivity contribution in [1.29, 1.82) is 0 Å². The summed E-state index contributed by atoms with van der Waals surface area (Å²) in [6.45, 7) is -0.468. The summed E-state index contributed by atoms with van der Waals surface area (Å²) in [6, 6.07) is 1.26. The molecule has 28 heavy (non-hydrogen) atoms. The van der Waals surface area contributed by atoms with Gasteiger partial charge in [-0.05, 0) is 37.7 Å². The molecule has 2 rings (SSSR count). The van der Waals surface area contributed by atoms with Crippen molar-refractivity contribution in [3.63, 3.8) is 0 Å². The van der Waals surface area contributed by atoms with Crippen LogP contribution in [0.3, 0.4) is 0 Å². The lowest BCUT2D eigenvalue weighted by Gasteiger charge is -2.30. The van der Waals surface area contributed by atoms with Crippen LogP contribution in [0.25, 0.3) is 0 Å². The summed E-state index contributed by atoms with van der Waals surface area (Å²) in [5.74, 6) is -2.09. The minimum Gasteiger partial charge on any atom is -0.396 e. The number of carbonyl (C=O) groups excluding carboxylic acids is 1. The number of anilines is 3. The third-order valence-electron chi connectivity index (χ3n) is 4.94. The number of nitrogens with one attached hydrogen (secondary N) is 1. The van der Waals surface area contributed by atoms with Crippen LogP contribution in [0.5, 0.6) is 0 Å². The molecule has 1 amide bonds. The van der Waals surface area contributed by atoms with Gasteiger partial charge in [0.05, 0.1) is 23.7 Å². The lowest BCUT2D eigenvalue weighted by atomic mass is 9.81. The van der Waals surface area contributed by atoms with Gasteiger partial charge >= 0.3 is 6.18 Å². The van der Waals surface area contributed by atoms with Crippen molar-refractivity contribution < 1.29 is 26.7 Å². The topological polar surface area (TPSA) is 97.3 Å². The Labute approximate surface area is 159 Å². The second-order valence-electron chi connectivity index (χ2n) is 7.07. The molecule has 0 saturated heterocycles. The first-order valence-corrected chi connectivity index (χ1v) is 8.89. The summed E-state index contributed by atoms with van der Waals surface area (Å²) in [5.41, 5.74) is 11.3. The van der Waals surface area contributed by atoms with Gasteiger partial charge in [0, 0.05) is 13.6 Å². The number of carbonyl (C=O) groups is 1. The van der Waals surface area contributed by atoms with Gasteiger partial charge in [-0.3, -0.25) is 4.79 Å². The first kappa shape index (κ1) is 22.0. The molecule has 1 fully saturated rings. The maximum absolute atomic E-state index is 12.7. The van der Waals surface area contributed by atoms with Gasteiger partial charge in [0.1, 0.15) is 11.6 Å². The Morgan fingerprint density at radius 2 is 1.89 bits per heavy atom. The Morgan fingerprint density at radius 1 is 1.29 bits per heavy atom. The molecule has 0 bridgehead atoms. The molecule has 0 aromatic carbocycles. The summed E-state index contributed by atoms with van der Waals surface area (Å²) < 4.78 is 63.6. The SMILES string of the molecule is CN(CC(F)F)c1nc(N)c(N)cc1C(=O)NCC1CCC(C(F)(F)F)CC1. The summed E-state index contributed by atoms with van der Waals surface area (Å²) >= 11 is 0. The summed E-state index contributed by atoms with van der Waals surface area (Å²) in [6.07, 6.45) is -6.07. The normalized spacial score (nSPS) is 20.2. The number of nitrogen functional groups attached to an aromatic ring is 2. The quantitative estimate of drug-likeness (QED) is 0.628. The van der Waals surface area contributed by atoms with Crippen LogP contribution < -0.4 is 21.7 Å². The number of nitrogens with zero attached hydrogens (tertiary/aromatic N) is 2. The van der Waals surface area contributed by atoms with Gasteiger partial charge in [0.25, 0.3) is 12.3 Å². The standard InChI is InChI=1S/C17H24F5N5O/c1-27(8-13(18)19)15-11(6-12(23)14(24)26-15)16(28)25-7-9-2-4-10(5-3-9)17(20,21)22/h6,9-10,13H,2-5,7-8,23H2,1H3,(H2,24,26)(H,25,28). The molecule has 1 aliphatic rings. The first-order valence-electron chi connectivity index (χ1n) is 8.89. The maximum Gasteiger partial charge on any atom is 0.391 e. The molecule has 5 N–H and O–H groups in total. The summed E-state index contributed by atoms with van der Waals surface area (Å²) in [4.78, 5) is 17.6. The van der Waals surface area contributed by atoms with Gasteiger partial charge in [-0.25, -0.2) is 13.8 Å². The van der Waals surface area contributed by atoms with Crippen LogP contribution >= 0.6 is 0 Å². The van der Waals surface area contributed by atoms with Crippen LogP contribution in [0, 0.1) is 11.8 Å². The molecule has 1 aliphatic carbocycles. The van der Waals surface area contributed by atoms with Gasteiger partial charge in [-0.2, -0.15) is 13.2 Å². The highest BCUT2D eigenvalue weighted by Gasteiger charge is 2.41. The Bertz CT molecular complexity index is 689. The zero-order chi connectivity index (χ0) is 21.1. The number of rotatable bonds is 6. The van der Waals surface area contributed by atoms with Crippen molar-refractivity contribution in [3.05, 3.63) is 11.6 Å². The van der Waals surface area contributed by atoms with Crippen LogP contribution in [0.1, 0.15) is 36.0 Å². The van der Waals surface area contributed by atoms with E-state index in [-0.39, 0.29) is 48.2 Å². The Kier molecular flexibility index (Phi) is 6.89. The van der Waals surface area contributed by atoms with E-state index in [9.17, 15) is 26.7 Å². The average molecular weight is 409 g/mol. The van der Waals surface area contributed by atoms with Crippen molar-refractivity contribution in [2.75, 3.05) is 36.5 Å². The number of alkyl halides is 5. The highest BCUT2D eigenvalue weighted by molar-refractivity contribution is 6.00. The third kappa shape index (κ3) is 5.59. The Morgan fingerprint density at radius 3 is 2.43 bits per heavy atom. The molecule has 11 heteroatoms. The Balaban J connectivity index is 2.03. The molecule has 0 spiro atoms. The molecular formula is C17H24F5N5O. The number of halogens is 5. The molecule has 0 atom stereocenters. The number of aromatic nitrogens is 1. The highest BCUT2D eigenvalue weighted by atomic mass is 19.4. The Hall–Kier alpha value is -2.33. The number of hydrogen-bond donors (Lipinski definition) is 3. The third-order valence-corrected chi connectivity index (χ3v) is 4.94. The van der Waals surface area contributed by atoms with Crippen LogP contribution in [0.15, 0.2) is 6.07 Å². The van der Waals surface area contributed by atoms with Gasteiger partial charge < -0.3 is 21.7 Å². The predicted octanol–water partition coefficient (Wildman–Crippen LogP) is 3.05. The summed E-state index contributed by atoms with van der Waals surface area (Å²) in [7, 11) is 1.35. The smallest absolute Gasteiger partial charge is 0.391 e. The van der Waals surface area contributed by atoms with Gasteiger partial charge in [-0.15, -0.1) is 0 Å². The fourth-order valence-corrected chi connectivity index (χ4v) is 3.31. The first-order chi connectivity index (χ1) is 13.0. The van der Waals surface area contributed by atoms with E-state index in [1.165, 1.54) is 13.1 Å². The number of amides is 1. The zero-order valence-electron chi connectivity index (χ0n) is 15.4. The lowest BCUT2D eigenvalue weighted by Crippen LogP contribution is -2.35. The van der Waals surface area contributed by atoms with Crippen molar-refractivity contribution in [2.24, 2.45) is 11.8 Å². The molecule has 0 unspecified atom stereocenters. The number of nitrogens with two attached hydrogens (primary N) is 2. The van der Waals surface area contributed by atoms with E-state index in [2.05, 4.69) is 10.3 Å². The van der Waals surface area contributed by atoms with E-state index in [4.69, 9.17) is 11.5 Å². The molecular weight excluding hydrogens is 385 g/mol. The molecule has 6 nitrogen and oxygen atoms in total. The van der Waals surface area contributed by atoms with Crippen molar-refractivity contribution in [3.8, 4) is 0 Å². The predicted molar refractivity (Wildman–Crippen MR) is 96.2 cm³/mol. The number of pyridine rings is 1. The largest absolute Gasteiger partial charge is 0.396 e. The van der Waals surface area contributed by atoms with E-state index >= 15 is 0 Å². The van der Waals surface area contributed by atoms with Crippen LogP contribution in [-0.4, -0.2) is 43.6 Å². The lowest BCUT2D eigenvalue weighted by molar-refractivity contribution is -0.183. The second kappa shape index (κ2) is 8.78. The van der Waals surface area contributed by atoms with E-state index in [1.807, 2.05) is 0 Å². The van der Waals surface area contributed by atoms with E-state index < -0.39 is 31.0 Å². The number of hydrogen-bond acceptors (Lipinski definition) is 5. The average Bonchev–Trinajstić information content (AvgIpc) is 2.60. The molecule has 1 heterocycles. The minimum absolute atomic E-state index is 0.0150. The monoisotopic (exact) mass is 409 g/mol. The van der Waals surface area contributed by atoms with E-state index in [1.54, 1.807) is 0 Å². The molecule has 158 valence electrons. The van der Waals surface area contributed by atoms with Crippen LogP contribution in [-0.2, 0) is 0 Å². The van der Waals surface area contributed by atoms with Crippen LogP contribution in [0.2, 0.25) is 0 Å². The molecule has 0 radical (unpaired) electrons. The fourth-order valence-electron chi connectivity index (χ4n) is 3.31. The van der Waals surface area contributed by atoms with Crippen molar-refractivity contribution >= 4 is 23.2 Å². The van der Waals surface area contributed by atoms with E-state index in [0.717, 1.165) is 4.90 Å². The second-order valence-corrected chi connectivity index (χ2v) is 7.07. The zero-order valence-corrected chi connectivity index (χ0v) is 15.4. The maximum atomic E-state index is 12.7.